The monoisotopic (exact) mass is 485 g/mol. The SMILES string of the molecule is OC(CNc1ccccc1N1CCOCC1)c1cc(C(F)(F)F)nc2c(C(F)(F)F)cccc12. The number of halogens is 6. The molecule has 1 atom stereocenters. The summed E-state index contributed by atoms with van der Waals surface area (Å²) in [5.74, 6) is 0. The molecule has 11 heteroatoms. The number of aliphatic hydroxyl groups excluding tert-OH is 1. The normalized spacial score (nSPS) is 16.0. The van der Waals surface area contributed by atoms with E-state index >= 15 is 0 Å². The van der Waals surface area contributed by atoms with E-state index in [0.29, 0.717) is 44.1 Å². The van der Waals surface area contributed by atoms with Gasteiger partial charge >= 0.3 is 12.4 Å². The molecule has 0 amide bonds. The Morgan fingerprint density at radius 3 is 2.35 bits per heavy atom. The number of fused-ring (bicyclic) bond motifs is 1. The van der Waals surface area contributed by atoms with E-state index in [4.69, 9.17) is 4.74 Å². The molecule has 1 saturated heterocycles. The van der Waals surface area contributed by atoms with Gasteiger partial charge in [0, 0.05) is 25.0 Å². The first-order valence-electron chi connectivity index (χ1n) is 10.5. The number of hydrogen-bond donors (Lipinski definition) is 2. The van der Waals surface area contributed by atoms with Crippen molar-refractivity contribution >= 4 is 22.3 Å². The fourth-order valence-electron chi connectivity index (χ4n) is 3.94. The molecule has 2 heterocycles. The molecule has 0 aliphatic carbocycles. The van der Waals surface area contributed by atoms with Crippen LogP contribution in [-0.4, -0.2) is 42.9 Å². The van der Waals surface area contributed by atoms with Crippen LogP contribution in [-0.2, 0) is 17.1 Å². The molecule has 1 fully saturated rings. The van der Waals surface area contributed by atoms with Crippen LogP contribution in [0.25, 0.3) is 10.9 Å². The maximum absolute atomic E-state index is 13.5. The van der Waals surface area contributed by atoms with Crippen LogP contribution in [0.15, 0.2) is 48.5 Å². The van der Waals surface area contributed by atoms with Crippen LogP contribution in [0.4, 0.5) is 37.7 Å². The zero-order valence-electron chi connectivity index (χ0n) is 17.7. The standard InChI is InChI=1S/C23H21F6N3O2/c24-22(25,26)16-5-3-4-14-15(12-20(23(27,28)29)31-21(14)16)19(33)13-30-17-6-1-2-7-18(17)32-8-10-34-11-9-32/h1-7,12,19,30,33H,8-11,13H2. The topological polar surface area (TPSA) is 57.6 Å². The maximum atomic E-state index is 13.5. The lowest BCUT2D eigenvalue weighted by atomic mass is 9.99. The van der Waals surface area contributed by atoms with E-state index < -0.39 is 35.2 Å². The lowest BCUT2D eigenvalue weighted by Crippen LogP contribution is -2.36. The number of nitrogens with zero attached hydrogens (tertiary/aromatic N) is 2. The van der Waals surface area contributed by atoms with E-state index in [0.717, 1.165) is 11.8 Å². The number of aliphatic hydroxyl groups is 1. The minimum Gasteiger partial charge on any atom is -0.387 e. The number of benzene rings is 2. The van der Waals surface area contributed by atoms with Gasteiger partial charge in [0.1, 0.15) is 5.69 Å². The number of morpholine rings is 1. The second kappa shape index (κ2) is 9.30. The van der Waals surface area contributed by atoms with E-state index in [9.17, 15) is 31.4 Å². The van der Waals surface area contributed by atoms with Crippen molar-refractivity contribution in [3.8, 4) is 0 Å². The molecule has 4 rings (SSSR count). The fraction of sp³-hybridized carbons (Fsp3) is 0.348. The van der Waals surface area contributed by atoms with Gasteiger partial charge in [-0.1, -0.05) is 24.3 Å². The Morgan fingerprint density at radius 1 is 0.971 bits per heavy atom. The van der Waals surface area contributed by atoms with Crippen LogP contribution >= 0.6 is 0 Å². The summed E-state index contributed by atoms with van der Waals surface area (Å²) in [6.07, 6.45) is -11.4. The first-order chi connectivity index (χ1) is 16.1. The first-order valence-corrected chi connectivity index (χ1v) is 10.5. The number of alkyl halides is 6. The molecule has 1 aromatic heterocycles. The Morgan fingerprint density at radius 2 is 1.68 bits per heavy atom. The molecule has 0 spiro atoms. The summed E-state index contributed by atoms with van der Waals surface area (Å²) >= 11 is 0. The lowest BCUT2D eigenvalue weighted by Gasteiger charge is -2.31. The van der Waals surface area contributed by atoms with E-state index in [2.05, 4.69) is 15.2 Å². The zero-order valence-corrected chi connectivity index (χ0v) is 17.7. The third-order valence-corrected chi connectivity index (χ3v) is 5.57. The number of hydrogen-bond acceptors (Lipinski definition) is 5. The van der Waals surface area contributed by atoms with Gasteiger partial charge in [-0.15, -0.1) is 0 Å². The van der Waals surface area contributed by atoms with Crippen molar-refractivity contribution < 1.29 is 36.2 Å². The molecule has 5 nitrogen and oxygen atoms in total. The molecule has 182 valence electrons. The number of nitrogens with one attached hydrogen (secondary N) is 1. The average molecular weight is 485 g/mol. The Kier molecular flexibility index (Phi) is 6.59. The first kappa shape index (κ1) is 24.1. The quantitative estimate of drug-likeness (QED) is 0.484. The average Bonchev–Trinajstić information content (AvgIpc) is 2.81. The Labute approximate surface area is 191 Å². The lowest BCUT2D eigenvalue weighted by molar-refractivity contribution is -0.142. The summed E-state index contributed by atoms with van der Waals surface area (Å²) in [5.41, 5.74) is -2.48. The van der Waals surface area contributed by atoms with Crippen molar-refractivity contribution in [2.45, 2.75) is 18.5 Å². The highest BCUT2D eigenvalue weighted by Crippen LogP contribution is 2.39. The van der Waals surface area contributed by atoms with Crippen molar-refractivity contribution in [3.63, 3.8) is 0 Å². The molecule has 1 unspecified atom stereocenters. The highest BCUT2D eigenvalue weighted by atomic mass is 19.4. The van der Waals surface area contributed by atoms with Gasteiger partial charge in [0.2, 0.25) is 0 Å². The summed E-state index contributed by atoms with van der Waals surface area (Å²) in [5, 5.41) is 13.6. The highest BCUT2D eigenvalue weighted by molar-refractivity contribution is 5.86. The zero-order chi connectivity index (χ0) is 24.5. The van der Waals surface area contributed by atoms with Gasteiger partial charge in [0.25, 0.3) is 0 Å². The summed E-state index contributed by atoms with van der Waals surface area (Å²) < 4.78 is 86.1. The second-order valence-corrected chi connectivity index (χ2v) is 7.81. The molecule has 1 aliphatic heterocycles. The third kappa shape index (κ3) is 5.05. The molecule has 0 radical (unpaired) electrons. The Balaban J connectivity index is 1.69. The van der Waals surface area contributed by atoms with Gasteiger partial charge in [0.15, 0.2) is 0 Å². The molecule has 34 heavy (non-hydrogen) atoms. The van der Waals surface area contributed by atoms with Crippen LogP contribution in [0.2, 0.25) is 0 Å². The summed E-state index contributed by atoms with van der Waals surface area (Å²) in [7, 11) is 0. The van der Waals surface area contributed by atoms with Gasteiger partial charge < -0.3 is 20.1 Å². The number of pyridine rings is 1. The van der Waals surface area contributed by atoms with Crippen molar-refractivity contribution in [3.05, 3.63) is 65.4 Å². The van der Waals surface area contributed by atoms with Gasteiger partial charge in [-0.2, -0.15) is 26.3 Å². The smallest absolute Gasteiger partial charge is 0.387 e. The van der Waals surface area contributed by atoms with Crippen LogP contribution in [0, 0.1) is 0 Å². The molecular weight excluding hydrogens is 464 g/mol. The minimum absolute atomic E-state index is 0.196. The van der Waals surface area contributed by atoms with E-state index in [1.54, 1.807) is 12.1 Å². The number of ether oxygens (including phenoxy) is 1. The van der Waals surface area contributed by atoms with E-state index in [1.165, 1.54) is 6.07 Å². The fourth-order valence-corrected chi connectivity index (χ4v) is 3.94. The number of aromatic nitrogens is 1. The van der Waals surface area contributed by atoms with Crippen LogP contribution in [0.3, 0.4) is 0 Å². The van der Waals surface area contributed by atoms with E-state index in [1.807, 2.05) is 12.1 Å². The van der Waals surface area contributed by atoms with Crippen molar-refractivity contribution in [1.29, 1.82) is 0 Å². The largest absolute Gasteiger partial charge is 0.433 e. The Bertz CT molecular complexity index is 1160. The number of para-hydroxylation sites is 3. The molecule has 0 saturated carbocycles. The van der Waals surface area contributed by atoms with Crippen molar-refractivity contribution in [1.82, 2.24) is 4.98 Å². The van der Waals surface area contributed by atoms with Crippen molar-refractivity contribution in [2.75, 3.05) is 43.1 Å². The minimum atomic E-state index is -4.99. The van der Waals surface area contributed by atoms with Gasteiger partial charge in [-0.05, 0) is 29.8 Å². The van der Waals surface area contributed by atoms with Crippen LogP contribution < -0.4 is 10.2 Å². The third-order valence-electron chi connectivity index (χ3n) is 5.57. The second-order valence-electron chi connectivity index (χ2n) is 7.81. The Hall–Kier alpha value is -3.05. The molecule has 3 aromatic rings. The summed E-state index contributed by atoms with van der Waals surface area (Å²) in [6, 6.07) is 10.8. The number of rotatable bonds is 5. The summed E-state index contributed by atoms with van der Waals surface area (Å²) in [6.45, 7) is 2.15. The summed E-state index contributed by atoms with van der Waals surface area (Å²) in [4.78, 5) is 5.32. The highest BCUT2D eigenvalue weighted by Gasteiger charge is 2.38. The van der Waals surface area contributed by atoms with Crippen LogP contribution in [0.5, 0.6) is 0 Å². The van der Waals surface area contributed by atoms with Gasteiger partial charge in [0.05, 0.1) is 41.8 Å². The molecule has 2 N–H and O–H groups in total. The molecule has 2 aromatic carbocycles. The van der Waals surface area contributed by atoms with Gasteiger partial charge in [-0.25, -0.2) is 4.98 Å². The van der Waals surface area contributed by atoms with Crippen LogP contribution in [0.1, 0.15) is 22.9 Å². The van der Waals surface area contributed by atoms with Gasteiger partial charge in [-0.3, -0.25) is 0 Å². The van der Waals surface area contributed by atoms with Crippen molar-refractivity contribution in [2.24, 2.45) is 0 Å². The molecule has 1 aliphatic rings. The van der Waals surface area contributed by atoms with E-state index in [-0.39, 0.29) is 17.5 Å². The molecule has 0 bridgehead atoms. The molecular formula is C23H21F6N3O2. The number of anilines is 2. The predicted octanol–water partition coefficient (Wildman–Crippen LogP) is 5.25. The predicted molar refractivity (Wildman–Crippen MR) is 115 cm³/mol. The maximum Gasteiger partial charge on any atom is 0.433 e.